The third-order valence-corrected chi connectivity index (χ3v) is 6.99. The second-order valence-electron chi connectivity index (χ2n) is 8.44. The van der Waals surface area contributed by atoms with Gasteiger partial charge >= 0.3 is 12.4 Å². The van der Waals surface area contributed by atoms with Gasteiger partial charge in [-0.15, -0.1) is 0 Å². The highest BCUT2D eigenvalue weighted by molar-refractivity contribution is 9.10. The van der Waals surface area contributed by atoms with Crippen LogP contribution in [0.4, 0.5) is 26.3 Å². The molecule has 4 nitrogen and oxygen atoms in total. The van der Waals surface area contributed by atoms with Crippen molar-refractivity contribution in [1.29, 1.82) is 0 Å². The van der Waals surface area contributed by atoms with Crippen LogP contribution in [-0.2, 0) is 4.79 Å². The number of hydrogen-bond acceptors (Lipinski definition) is 2. The zero-order valence-corrected chi connectivity index (χ0v) is 23.4. The first-order valence-electron chi connectivity index (χ1n) is 10.7. The third-order valence-electron chi connectivity index (χ3n) is 5.14. The Morgan fingerprint density at radius 3 is 2.05 bits per heavy atom. The van der Waals surface area contributed by atoms with Gasteiger partial charge in [0.25, 0.3) is 5.91 Å². The maximum absolute atomic E-state index is 13.8. The molecule has 2 aromatic carbocycles. The van der Waals surface area contributed by atoms with Crippen LogP contribution in [0.5, 0.6) is 0 Å². The Bertz CT molecular complexity index is 1200. The number of allylic oxidation sites excluding steroid dienone is 1. The van der Waals surface area contributed by atoms with Gasteiger partial charge in [-0.25, -0.2) is 0 Å². The number of rotatable bonds is 8. The van der Waals surface area contributed by atoms with Crippen LogP contribution in [0.1, 0.15) is 41.3 Å². The van der Waals surface area contributed by atoms with Crippen molar-refractivity contribution in [3.05, 3.63) is 72.6 Å². The molecule has 0 aliphatic rings. The molecule has 0 bridgehead atoms. The number of carbonyl (C=O) groups excluding carboxylic acids is 2. The summed E-state index contributed by atoms with van der Waals surface area (Å²) < 4.78 is 78.8. The smallest absolute Gasteiger partial charge is 0.345 e. The predicted octanol–water partition coefficient (Wildman–Crippen LogP) is 8.20. The second-order valence-corrected chi connectivity index (χ2v) is 10.5. The molecule has 0 radical (unpaired) electrons. The van der Waals surface area contributed by atoms with Gasteiger partial charge < -0.3 is 10.6 Å². The molecule has 0 spiro atoms. The van der Waals surface area contributed by atoms with E-state index in [1.165, 1.54) is 24.3 Å². The van der Waals surface area contributed by atoms with Crippen molar-refractivity contribution < 1.29 is 35.9 Å². The fourth-order valence-corrected chi connectivity index (χ4v) is 4.43. The number of amides is 2. The topological polar surface area (TPSA) is 58.2 Å². The number of benzene rings is 2. The molecule has 2 amide bonds. The highest BCUT2D eigenvalue weighted by Gasteiger charge is 2.39. The van der Waals surface area contributed by atoms with Gasteiger partial charge in [-0.1, -0.05) is 66.9 Å². The summed E-state index contributed by atoms with van der Waals surface area (Å²) in [6.07, 6.45) is -7.24. The Kier molecular flexibility index (Phi) is 11.0. The Labute approximate surface area is 237 Å². The summed E-state index contributed by atoms with van der Waals surface area (Å²) >= 11 is 20.8. The van der Waals surface area contributed by atoms with E-state index in [1.54, 1.807) is 19.2 Å². The SMILES string of the molecule is CC(C)[C@@H](NC(=O)c1ccc(/C=C/C(c2cc(Cl)c(Cl)c(Cl)c2)C(F)(F)F)cc1Br)C(=O)NCC(F)(F)F. The summed E-state index contributed by atoms with van der Waals surface area (Å²) in [6, 6.07) is 4.90. The molecule has 2 aromatic rings. The summed E-state index contributed by atoms with van der Waals surface area (Å²) in [5.41, 5.74) is 0.0731. The maximum Gasteiger partial charge on any atom is 0.405 e. The number of carbonyl (C=O) groups is 2. The first-order chi connectivity index (χ1) is 17.4. The van der Waals surface area contributed by atoms with Crippen LogP contribution in [-0.4, -0.2) is 36.8 Å². The van der Waals surface area contributed by atoms with E-state index in [0.29, 0.717) is 0 Å². The van der Waals surface area contributed by atoms with Crippen molar-refractivity contribution in [2.45, 2.75) is 38.2 Å². The first kappa shape index (κ1) is 32.3. The zero-order chi connectivity index (χ0) is 29.0. The van der Waals surface area contributed by atoms with Gasteiger partial charge in [0.15, 0.2) is 0 Å². The molecule has 2 rings (SSSR count). The third kappa shape index (κ3) is 9.07. The average Bonchev–Trinajstić information content (AvgIpc) is 2.77. The number of alkyl halides is 6. The highest BCUT2D eigenvalue weighted by atomic mass is 79.9. The van der Waals surface area contributed by atoms with Gasteiger partial charge in [-0.2, -0.15) is 26.3 Å². The van der Waals surface area contributed by atoms with Gasteiger partial charge in [0.1, 0.15) is 12.6 Å². The van der Waals surface area contributed by atoms with Crippen LogP contribution in [0.2, 0.25) is 15.1 Å². The van der Waals surface area contributed by atoms with Crippen molar-refractivity contribution in [2.24, 2.45) is 5.92 Å². The molecule has 38 heavy (non-hydrogen) atoms. The maximum atomic E-state index is 13.8. The molecule has 0 saturated heterocycles. The minimum absolute atomic E-state index is 0.0139. The predicted molar refractivity (Wildman–Crippen MR) is 139 cm³/mol. The molecular weight excluding hydrogens is 649 g/mol. The van der Waals surface area contributed by atoms with Gasteiger partial charge in [-0.3, -0.25) is 9.59 Å². The minimum Gasteiger partial charge on any atom is -0.345 e. The van der Waals surface area contributed by atoms with Crippen molar-refractivity contribution in [3.8, 4) is 0 Å². The Balaban J connectivity index is 2.25. The van der Waals surface area contributed by atoms with Crippen LogP contribution < -0.4 is 10.6 Å². The van der Waals surface area contributed by atoms with E-state index in [1.807, 2.05) is 0 Å². The van der Waals surface area contributed by atoms with E-state index in [2.05, 4.69) is 21.2 Å². The van der Waals surface area contributed by atoms with Gasteiger partial charge in [0.05, 0.1) is 26.5 Å². The normalized spacial score (nSPS) is 14.0. The molecule has 2 atom stereocenters. The van der Waals surface area contributed by atoms with E-state index in [4.69, 9.17) is 34.8 Å². The van der Waals surface area contributed by atoms with Gasteiger partial charge in [-0.05, 0) is 57.2 Å². The summed E-state index contributed by atoms with van der Waals surface area (Å²) in [5.74, 6) is -4.39. The molecule has 208 valence electrons. The van der Waals surface area contributed by atoms with E-state index in [0.717, 1.165) is 18.2 Å². The number of hydrogen-bond donors (Lipinski definition) is 2. The molecule has 0 heterocycles. The summed E-state index contributed by atoms with van der Waals surface area (Å²) in [7, 11) is 0. The number of halogens is 10. The minimum atomic E-state index is -4.69. The first-order valence-corrected chi connectivity index (χ1v) is 12.7. The summed E-state index contributed by atoms with van der Waals surface area (Å²) in [6.45, 7) is 1.53. The molecule has 2 N–H and O–H groups in total. The van der Waals surface area contributed by atoms with Gasteiger partial charge in [0, 0.05) is 4.47 Å². The quantitative estimate of drug-likeness (QED) is 0.220. The fourth-order valence-electron chi connectivity index (χ4n) is 3.24. The van der Waals surface area contributed by atoms with E-state index in [9.17, 15) is 35.9 Å². The number of nitrogens with one attached hydrogen (secondary N) is 2. The van der Waals surface area contributed by atoms with Crippen LogP contribution in [0.25, 0.3) is 6.08 Å². The molecule has 0 fully saturated rings. The Morgan fingerprint density at radius 2 is 1.58 bits per heavy atom. The zero-order valence-electron chi connectivity index (χ0n) is 19.6. The van der Waals surface area contributed by atoms with Crippen molar-refractivity contribution >= 4 is 68.6 Å². The molecule has 1 unspecified atom stereocenters. The van der Waals surface area contributed by atoms with Crippen molar-refractivity contribution in [2.75, 3.05) is 6.54 Å². The highest BCUT2D eigenvalue weighted by Crippen LogP contribution is 2.41. The summed E-state index contributed by atoms with van der Waals surface area (Å²) in [5, 5.41) is 3.77. The monoisotopic (exact) mass is 666 g/mol. The van der Waals surface area contributed by atoms with E-state index < -0.39 is 48.6 Å². The summed E-state index contributed by atoms with van der Waals surface area (Å²) in [4.78, 5) is 24.9. The Hall–Kier alpha value is -1.95. The lowest BCUT2D eigenvalue weighted by Gasteiger charge is -2.22. The average molecular weight is 669 g/mol. The molecule has 14 heteroatoms. The van der Waals surface area contributed by atoms with Crippen LogP contribution >= 0.6 is 50.7 Å². The standard InChI is InChI=1S/C24H20BrCl3F6N2O2/c1-11(2)20(22(38)35-10-23(29,30)31)36-21(37)14-5-3-12(7-16(14)25)4-6-15(24(32,33)34)13-8-17(26)19(28)18(27)9-13/h3-9,11,15,20H,10H2,1-2H3,(H,35,38)(H,36,37)/b6-4+/t15?,20-/m1/s1. The largest absolute Gasteiger partial charge is 0.405 e. The fraction of sp³-hybridized carbons (Fsp3) is 0.333. The molecular formula is C24H20BrCl3F6N2O2. The molecule has 0 aliphatic heterocycles. The van der Waals surface area contributed by atoms with Crippen molar-refractivity contribution in [3.63, 3.8) is 0 Å². The van der Waals surface area contributed by atoms with Crippen LogP contribution in [0.15, 0.2) is 40.9 Å². The lowest BCUT2D eigenvalue weighted by molar-refractivity contribution is -0.140. The van der Waals surface area contributed by atoms with E-state index >= 15 is 0 Å². The van der Waals surface area contributed by atoms with E-state index in [-0.39, 0.29) is 36.2 Å². The molecule has 0 aromatic heterocycles. The lowest BCUT2D eigenvalue weighted by atomic mass is 9.97. The van der Waals surface area contributed by atoms with Crippen LogP contribution in [0.3, 0.4) is 0 Å². The molecule has 0 aliphatic carbocycles. The van der Waals surface area contributed by atoms with Gasteiger partial charge in [0.2, 0.25) is 5.91 Å². The second kappa shape index (κ2) is 12.9. The Morgan fingerprint density at radius 1 is 1.00 bits per heavy atom. The van der Waals surface area contributed by atoms with Crippen LogP contribution in [0, 0.1) is 5.92 Å². The lowest BCUT2D eigenvalue weighted by Crippen LogP contribution is -2.51. The molecule has 0 saturated carbocycles. The van der Waals surface area contributed by atoms with Crippen molar-refractivity contribution in [1.82, 2.24) is 10.6 Å².